The summed E-state index contributed by atoms with van der Waals surface area (Å²) in [5, 5.41) is 12.0. The van der Waals surface area contributed by atoms with E-state index in [2.05, 4.69) is 10.5 Å². The Labute approximate surface area is 109 Å². The number of anilines is 1. The fourth-order valence-electron chi connectivity index (χ4n) is 2.11. The van der Waals surface area contributed by atoms with Gasteiger partial charge in [-0.1, -0.05) is 54.7 Å². The Kier molecular flexibility index (Phi) is 2.66. The molecule has 0 aliphatic heterocycles. The Balaban J connectivity index is 2.70. The Morgan fingerprint density at radius 2 is 1.50 bits per heavy atom. The van der Waals surface area contributed by atoms with Crippen LogP contribution in [-0.4, -0.2) is 10.2 Å². The number of benzene rings is 2. The maximum atomic E-state index is 9.42. The summed E-state index contributed by atoms with van der Waals surface area (Å²) in [5.74, 6) is 0. The van der Waals surface area contributed by atoms with Gasteiger partial charge in [-0.3, -0.25) is 10.7 Å². The molecule has 88 valence electrons. The highest BCUT2D eigenvalue weighted by atomic mass is 32.1. The molecule has 0 saturated heterocycles. The molecule has 1 heterocycles. The fraction of sp³-hybridized carbons (Fsp3) is 0. The number of nitrogens with zero attached hydrogens (tertiary/aromatic N) is 1. The summed E-state index contributed by atoms with van der Waals surface area (Å²) in [7, 11) is 0. The number of hydrogen-bond acceptors (Lipinski definition) is 4. The van der Waals surface area contributed by atoms with Crippen LogP contribution < -0.4 is 5.48 Å². The van der Waals surface area contributed by atoms with Crippen LogP contribution in [0.1, 0.15) is 0 Å². The number of rotatable bonds is 1. The third-order valence-corrected chi connectivity index (χ3v) is 3.25. The molecule has 0 unspecified atom stereocenters. The van der Waals surface area contributed by atoms with E-state index in [1.807, 2.05) is 48.5 Å². The molecule has 18 heavy (non-hydrogen) atoms. The summed E-state index contributed by atoms with van der Waals surface area (Å²) in [6, 6.07) is 15.2. The van der Waals surface area contributed by atoms with Gasteiger partial charge in [-0.05, 0) is 6.07 Å². The highest BCUT2D eigenvalue weighted by Crippen LogP contribution is 2.29. The zero-order chi connectivity index (χ0) is 12.5. The molecular weight excluding hydrogens is 244 g/mol. The molecule has 0 fully saturated rings. The third-order valence-electron chi connectivity index (χ3n) is 2.93. The molecule has 0 spiro atoms. The van der Waals surface area contributed by atoms with Gasteiger partial charge >= 0.3 is 0 Å². The lowest BCUT2D eigenvalue weighted by atomic mass is 10.1. The van der Waals surface area contributed by atoms with Crippen molar-refractivity contribution in [2.75, 3.05) is 5.48 Å². The molecule has 2 aromatic carbocycles. The maximum absolute atomic E-state index is 9.42. The molecule has 3 rings (SSSR count). The van der Waals surface area contributed by atoms with Gasteiger partial charge in [0.25, 0.3) is 0 Å². The first kappa shape index (κ1) is 11.1. The van der Waals surface area contributed by atoms with Crippen LogP contribution in [0.4, 0.5) is 5.69 Å². The van der Waals surface area contributed by atoms with Crippen molar-refractivity contribution in [2.24, 2.45) is 0 Å². The summed E-state index contributed by atoms with van der Waals surface area (Å²) >= 11 is 5.33. The van der Waals surface area contributed by atoms with E-state index in [1.54, 1.807) is 0 Å². The monoisotopic (exact) mass is 254 g/mol. The smallest absolute Gasteiger partial charge is 0.134 e. The summed E-state index contributed by atoms with van der Waals surface area (Å²) < 4.78 is 0.531. The molecule has 1 aromatic heterocycles. The molecule has 0 atom stereocenters. The molecule has 0 aliphatic rings. The van der Waals surface area contributed by atoms with Crippen LogP contribution in [-0.2, 0) is 0 Å². The largest absolute Gasteiger partial charge is 0.291 e. The molecule has 0 saturated carbocycles. The first-order valence-electron chi connectivity index (χ1n) is 5.53. The summed E-state index contributed by atoms with van der Waals surface area (Å²) in [4.78, 5) is 4.44. The highest BCUT2D eigenvalue weighted by molar-refractivity contribution is 7.71. The van der Waals surface area contributed by atoms with Gasteiger partial charge in [-0.25, -0.2) is 4.98 Å². The summed E-state index contributed by atoms with van der Waals surface area (Å²) in [5.41, 5.74) is 3.66. The van der Waals surface area contributed by atoms with Crippen molar-refractivity contribution in [1.29, 1.82) is 0 Å². The Bertz CT molecular complexity index is 802. The van der Waals surface area contributed by atoms with Crippen LogP contribution in [0.2, 0.25) is 0 Å². The standard InChI is InChI=1S/C14H10N2OS/c17-16-13-9-5-1-2-6-10(9)14(18)15-12-8-4-3-7-11(12)13/h1-8,16-17H. The zero-order valence-electron chi connectivity index (χ0n) is 9.42. The minimum Gasteiger partial charge on any atom is -0.291 e. The van der Waals surface area contributed by atoms with E-state index < -0.39 is 0 Å². The lowest BCUT2D eigenvalue weighted by molar-refractivity contribution is 0.390. The second-order valence-electron chi connectivity index (χ2n) is 3.97. The first-order valence-corrected chi connectivity index (χ1v) is 5.94. The predicted molar refractivity (Wildman–Crippen MR) is 75.5 cm³/mol. The Morgan fingerprint density at radius 1 is 0.889 bits per heavy atom. The normalized spacial score (nSPS) is 10.7. The van der Waals surface area contributed by atoms with E-state index in [1.165, 1.54) is 0 Å². The highest BCUT2D eigenvalue weighted by Gasteiger charge is 2.06. The van der Waals surface area contributed by atoms with E-state index in [0.717, 1.165) is 21.7 Å². The van der Waals surface area contributed by atoms with Crippen molar-refractivity contribution < 1.29 is 5.21 Å². The van der Waals surface area contributed by atoms with Gasteiger partial charge in [0.15, 0.2) is 0 Å². The number of aromatic nitrogens is 1. The molecule has 2 N–H and O–H groups in total. The van der Waals surface area contributed by atoms with Crippen LogP contribution in [0, 0.1) is 4.64 Å². The lowest BCUT2D eigenvalue weighted by Gasteiger charge is -2.02. The van der Waals surface area contributed by atoms with Gasteiger partial charge in [0.05, 0.1) is 11.2 Å². The maximum Gasteiger partial charge on any atom is 0.134 e. The summed E-state index contributed by atoms with van der Waals surface area (Å²) in [6.07, 6.45) is 0. The average Bonchev–Trinajstić information content (AvgIpc) is 2.53. The Morgan fingerprint density at radius 3 is 2.22 bits per heavy atom. The van der Waals surface area contributed by atoms with E-state index in [4.69, 9.17) is 12.2 Å². The SMILES string of the molecule is ONc1c2ccccc2nc(=S)c2ccccc12. The number of nitrogens with one attached hydrogen (secondary N) is 1. The molecule has 0 aliphatic carbocycles. The topological polar surface area (TPSA) is 45.1 Å². The lowest BCUT2D eigenvalue weighted by Crippen LogP contribution is -1.89. The summed E-state index contributed by atoms with van der Waals surface area (Å²) in [6.45, 7) is 0. The molecule has 3 nitrogen and oxygen atoms in total. The van der Waals surface area contributed by atoms with Gasteiger partial charge in [0.1, 0.15) is 4.64 Å². The van der Waals surface area contributed by atoms with Crippen molar-refractivity contribution in [3.63, 3.8) is 0 Å². The minimum absolute atomic E-state index is 0.531. The van der Waals surface area contributed by atoms with Crippen molar-refractivity contribution >= 4 is 39.6 Å². The van der Waals surface area contributed by atoms with Gasteiger partial charge in [-0.15, -0.1) is 0 Å². The van der Waals surface area contributed by atoms with Crippen molar-refractivity contribution in [3.05, 3.63) is 53.2 Å². The Hall–Kier alpha value is -2.04. The van der Waals surface area contributed by atoms with E-state index in [-0.39, 0.29) is 0 Å². The van der Waals surface area contributed by atoms with Gasteiger partial charge in [-0.2, -0.15) is 0 Å². The third kappa shape index (κ3) is 1.63. The first-order chi connectivity index (χ1) is 8.81. The molecule has 4 heteroatoms. The van der Waals surface area contributed by atoms with E-state index >= 15 is 0 Å². The van der Waals surface area contributed by atoms with Crippen molar-refractivity contribution in [1.82, 2.24) is 4.98 Å². The number of para-hydroxylation sites is 1. The van der Waals surface area contributed by atoms with E-state index in [9.17, 15) is 5.21 Å². The number of hydrogen-bond donors (Lipinski definition) is 2. The second-order valence-corrected chi connectivity index (χ2v) is 4.35. The van der Waals surface area contributed by atoms with Gasteiger partial charge in [0.2, 0.25) is 0 Å². The molecular formula is C14H10N2OS. The second kappa shape index (κ2) is 4.33. The molecule has 0 bridgehead atoms. The molecule has 0 amide bonds. The van der Waals surface area contributed by atoms with Crippen LogP contribution in [0.5, 0.6) is 0 Å². The van der Waals surface area contributed by atoms with Crippen LogP contribution in [0.25, 0.3) is 21.7 Å². The number of fused-ring (bicyclic) bond motifs is 2. The molecule has 0 radical (unpaired) electrons. The quantitative estimate of drug-likeness (QED) is 0.510. The van der Waals surface area contributed by atoms with Crippen LogP contribution in [0.15, 0.2) is 48.5 Å². The van der Waals surface area contributed by atoms with Gasteiger partial charge < -0.3 is 0 Å². The zero-order valence-corrected chi connectivity index (χ0v) is 10.2. The van der Waals surface area contributed by atoms with Crippen molar-refractivity contribution in [2.45, 2.75) is 0 Å². The average molecular weight is 254 g/mol. The predicted octanol–water partition coefficient (Wildman–Crippen LogP) is 3.92. The molecule has 3 aromatic rings. The minimum atomic E-state index is 0.531. The van der Waals surface area contributed by atoms with Crippen LogP contribution in [0.3, 0.4) is 0 Å². The fourth-order valence-corrected chi connectivity index (χ4v) is 2.38. The van der Waals surface area contributed by atoms with Gasteiger partial charge in [0, 0.05) is 16.2 Å². The van der Waals surface area contributed by atoms with E-state index in [0.29, 0.717) is 10.3 Å². The van der Waals surface area contributed by atoms with Crippen molar-refractivity contribution in [3.8, 4) is 0 Å². The van der Waals surface area contributed by atoms with Crippen LogP contribution >= 0.6 is 12.2 Å².